The monoisotopic (exact) mass is 397 g/mol. The number of carbonyl (C=O) groups excluding carboxylic acids is 2. The van der Waals surface area contributed by atoms with Crippen LogP contribution in [0.3, 0.4) is 0 Å². The summed E-state index contributed by atoms with van der Waals surface area (Å²) in [6.45, 7) is -0.873. The first-order chi connectivity index (χ1) is 13.6. The lowest BCUT2D eigenvalue weighted by Crippen LogP contribution is -2.09. The zero-order valence-corrected chi connectivity index (χ0v) is 15.4. The Bertz CT molecular complexity index is 1100. The average Bonchev–Trinajstić information content (AvgIpc) is 3.37. The highest BCUT2D eigenvalue weighted by atomic mass is 31.1. The number of hydrogen-bond donors (Lipinski definition) is 0. The van der Waals surface area contributed by atoms with Gasteiger partial charge in [0.2, 0.25) is 0 Å². The fourth-order valence-electron chi connectivity index (χ4n) is 2.68. The molecule has 0 spiro atoms. The van der Waals surface area contributed by atoms with Gasteiger partial charge < -0.3 is 8.83 Å². The number of furan rings is 2. The summed E-state index contributed by atoms with van der Waals surface area (Å²) in [7, 11) is -2.62. The second-order valence-electron chi connectivity index (χ2n) is 5.96. The summed E-state index contributed by atoms with van der Waals surface area (Å²) in [5.74, 6) is -0.750. The minimum Gasteiger partial charge on any atom is -0.464 e. The Morgan fingerprint density at radius 1 is 0.750 bits per heavy atom. The lowest BCUT2D eigenvalue weighted by Gasteiger charge is -1.98. The van der Waals surface area contributed by atoms with Gasteiger partial charge in [0.25, 0.3) is 0 Å². The van der Waals surface area contributed by atoms with Crippen LogP contribution in [0.15, 0.2) is 69.9 Å². The van der Waals surface area contributed by atoms with E-state index in [2.05, 4.69) is 0 Å². The molecule has 0 N–H and O–H groups in total. The summed E-state index contributed by atoms with van der Waals surface area (Å²) in [5.41, 5.74) is 1.89. The fraction of sp³-hybridized carbons (Fsp3) is 0.100. The molecule has 2 aromatic carbocycles. The van der Waals surface area contributed by atoms with Gasteiger partial charge in [-0.3, -0.25) is 9.59 Å². The van der Waals surface area contributed by atoms with E-state index in [0.29, 0.717) is 22.3 Å². The molecule has 0 fully saturated rings. The lowest BCUT2D eigenvalue weighted by atomic mass is 10.1. The van der Waals surface area contributed by atoms with Crippen LogP contribution in [0.25, 0.3) is 21.9 Å². The Labute approximate surface area is 159 Å². The fourth-order valence-corrected chi connectivity index (χ4v) is 3.20. The van der Waals surface area contributed by atoms with Crippen molar-refractivity contribution in [3.05, 3.63) is 72.2 Å². The van der Waals surface area contributed by atoms with Crippen molar-refractivity contribution in [1.29, 1.82) is 0 Å². The molecule has 28 heavy (non-hydrogen) atoms. The number of Topliss-reactive ketones (excluding diaryl/α,β-unsaturated/α-hetero) is 2. The molecule has 0 amide bonds. The Morgan fingerprint density at radius 3 is 1.68 bits per heavy atom. The lowest BCUT2D eigenvalue weighted by molar-refractivity contribution is 0.0877. The molecule has 7 nitrogen and oxygen atoms in total. The van der Waals surface area contributed by atoms with Gasteiger partial charge in [-0.2, -0.15) is 0 Å². The highest BCUT2D eigenvalue weighted by molar-refractivity contribution is 7.33. The molecule has 0 radical (unpaired) electrons. The van der Waals surface area contributed by atoms with E-state index in [1.165, 1.54) is 12.5 Å². The van der Waals surface area contributed by atoms with Gasteiger partial charge in [-0.25, -0.2) is 0 Å². The van der Waals surface area contributed by atoms with Gasteiger partial charge in [0.15, 0.2) is 24.8 Å². The van der Waals surface area contributed by atoms with Gasteiger partial charge in [0, 0.05) is 26.5 Å². The maximum absolute atomic E-state index is 12.1. The number of ketones is 2. The van der Waals surface area contributed by atoms with E-state index in [0.717, 1.165) is 10.8 Å². The summed E-state index contributed by atoms with van der Waals surface area (Å²) in [5, 5.41) is 1.75. The van der Waals surface area contributed by atoms with Crippen LogP contribution in [-0.2, 0) is 13.6 Å². The minimum atomic E-state index is -2.62. The van der Waals surface area contributed by atoms with E-state index < -0.39 is 21.5 Å². The largest absolute Gasteiger partial charge is 0.698 e. The van der Waals surface area contributed by atoms with Gasteiger partial charge in [-0.05, 0) is 24.3 Å². The molecule has 0 bridgehead atoms. The summed E-state index contributed by atoms with van der Waals surface area (Å²) in [6.07, 6.45) is 3.06. The van der Waals surface area contributed by atoms with Crippen LogP contribution in [0, 0.1) is 0 Å². The van der Waals surface area contributed by atoms with E-state index in [1.807, 2.05) is 0 Å². The molecule has 0 aliphatic rings. The quantitative estimate of drug-likeness (QED) is 0.307. The van der Waals surface area contributed by atoms with E-state index in [9.17, 15) is 14.2 Å². The SMILES string of the molecule is O=C(CO[P+](=O)OCC(=O)c1ccc2ccoc2c1)c1ccc2ccoc2c1. The number of hydrogen-bond acceptors (Lipinski definition) is 7. The van der Waals surface area contributed by atoms with E-state index in [4.69, 9.17) is 17.9 Å². The molecule has 8 heteroatoms. The Kier molecular flexibility index (Phi) is 5.12. The predicted molar refractivity (Wildman–Crippen MR) is 101 cm³/mol. The third-order valence-corrected chi connectivity index (χ3v) is 4.84. The van der Waals surface area contributed by atoms with E-state index in [1.54, 1.807) is 48.5 Å². The van der Waals surface area contributed by atoms with Crippen molar-refractivity contribution in [3.63, 3.8) is 0 Å². The van der Waals surface area contributed by atoms with Crippen LogP contribution < -0.4 is 0 Å². The zero-order valence-electron chi connectivity index (χ0n) is 14.5. The maximum atomic E-state index is 12.1. The van der Waals surface area contributed by atoms with Crippen LogP contribution in [0.2, 0.25) is 0 Å². The molecular weight excluding hydrogens is 383 g/mol. The minimum absolute atomic E-state index is 0.369. The summed E-state index contributed by atoms with van der Waals surface area (Å²) in [4.78, 5) is 24.3. The van der Waals surface area contributed by atoms with Gasteiger partial charge in [-0.1, -0.05) is 24.3 Å². The van der Waals surface area contributed by atoms with Crippen molar-refractivity contribution >= 4 is 41.8 Å². The molecule has 140 valence electrons. The average molecular weight is 397 g/mol. The molecule has 0 saturated carbocycles. The Morgan fingerprint density at radius 2 is 1.21 bits per heavy atom. The van der Waals surface area contributed by atoms with Crippen molar-refractivity contribution < 1.29 is 32.0 Å². The number of carbonyl (C=O) groups is 2. The van der Waals surface area contributed by atoms with Crippen molar-refractivity contribution in [2.24, 2.45) is 0 Å². The summed E-state index contributed by atoms with van der Waals surface area (Å²) in [6, 6.07) is 13.5. The second-order valence-corrected chi connectivity index (χ2v) is 6.93. The highest BCUT2D eigenvalue weighted by Gasteiger charge is 2.25. The van der Waals surface area contributed by atoms with Crippen molar-refractivity contribution in [3.8, 4) is 0 Å². The molecule has 2 heterocycles. The van der Waals surface area contributed by atoms with Gasteiger partial charge >= 0.3 is 8.25 Å². The number of fused-ring (bicyclic) bond motifs is 2. The van der Waals surface area contributed by atoms with Crippen LogP contribution in [-0.4, -0.2) is 24.8 Å². The smallest absolute Gasteiger partial charge is 0.464 e. The molecule has 2 aromatic heterocycles. The zero-order chi connectivity index (χ0) is 19.5. The molecule has 0 aliphatic carbocycles. The molecule has 0 atom stereocenters. The number of rotatable bonds is 8. The first-order valence-electron chi connectivity index (χ1n) is 8.34. The van der Waals surface area contributed by atoms with Crippen LogP contribution >= 0.6 is 8.25 Å². The van der Waals surface area contributed by atoms with Crippen LogP contribution in [0.4, 0.5) is 0 Å². The summed E-state index contributed by atoms with van der Waals surface area (Å²) < 4.78 is 32.2. The van der Waals surface area contributed by atoms with Crippen molar-refractivity contribution in [1.82, 2.24) is 0 Å². The van der Waals surface area contributed by atoms with Gasteiger partial charge in [-0.15, -0.1) is 9.05 Å². The standard InChI is InChI=1S/C20H14O7P/c21-17(15-3-1-13-5-7-24-19(13)9-15)11-26-28(23)27-12-18(22)16-4-2-14-6-8-25-20(14)10-16/h1-10H,11-12H2/q+1. The topological polar surface area (TPSA) is 96.0 Å². The normalized spacial score (nSPS) is 11.1. The number of benzene rings is 2. The first-order valence-corrected chi connectivity index (χ1v) is 9.44. The van der Waals surface area contributed by atoms with Crippen molar-refractivity contribution in [2.75, 3.05) is 13.2 Å². The highest BCUT2D eigenvalue weighted by Crippen LogP contribution is 2.25. The Balaban J connectivity index is 1.29. The maximum Gasteiger partial charge on any atom is 0.698 e. The molecule has 0 unspecified atom stereocenters. The van der Waals surface area contributed by atoms with Crippen LogP contribution in [0.5, 0.6) is 0 Å². The van der Waals surface area contributed by atoms with Gasteiger partial charge in [0.1, 0.15) is 11.2 Å². The van der Waals surface area contributed by atoms with Crippen LogP contribution in [0.1, 0.15) is 20.7 Å². The predicted octanol–water partition coefficient (Wildman–Crippen LogP) is 4.94. The third kappa shape index (κ3) is 3.92. The van der Waals surface area contributed by atoms with E-state index >= 15 is 0 Å². The molecule has 4 rings (SSSR count). The Hall–Kier alpha value is -3.12. The molecular formula is C20H14O7P+. The van der Waals surface area contributed by atoms with Crippen molar-refractivity contribution in [2.45, 2.75) is 0 Å². The molecule has 0 saturated heterocycles. The molecule has 0 aliphatic heterocycles. The first kappa shape index (κ1) is 18.3. The summed E-state index contributed by atoms with van der Waals surface area (Å²) >= 11 is 0. The molecule has 4 aromatic rings. The second kappa shape index (κ2) is 7.86. The van der Waals surface area contributed by atoms with Gasteiger partial charge in [0.05, 0.1) is 12.5 Å². The third-order valence-electron chi connectivity index (χ3n) is 4.16. The van der Waals surface area contributed by atoms with E-state index in [-0.39, 0.29) is 11.6 Å².